The van der Waals surface area contributed by atoms with Crippen LogP contribution in [0.15, 0.2) is 67.1 Å². The Labute approximate surface area is 147 Å². The molecule has 0 aliphatic heterocycles. The Kier molecular flexibility index (Phi) is 4.97. The van der Waals surface area contributed by atoms with E-state index < -0.39 is 17.6 Å². The highest BCUT2D eigenvalue weighted by atomic mass is 19.4. The number of aromatic nitrogens is 2. The molecule has 0 radical (unpaired) electrons. The fourth-order valence-corrected chi connectivity index (χ4v) is 2.46. The number of amides is 1. The van der Waals surface area contributed by atoms with Gasteiger partial charge in [-0.15, -0.1) is 0 Å². The average molecular weight is 357 g/mol. The SMILES string of the molecule is O=C(NCc1cccnc1-c1cccnc1)c1cccc(C(F)(F)F)c1. The number of hydrogen-bond acceptors (Lipinski definition) is 3. The molecule has 2 heterocycles. The highest BCUT2D eigenvalue weighted by molar-refractivity contribution is 5.94. The predicted molar refractivity (Wildman–Crippen MR) is 90.1 cm³/mol. The summed E-state index contributed by atoms with van der Waals surface area (Å²) < 4.78 is 38.3. The van der Waals surface area contributed by atoms with Gasteiger partial charge in [-0.25, -0.2) is 0 Å². The van der Waals surface area contributed by atoms with E-state index in [1.54, 1.807) is 36.8 Å². The van der Waals surface area contributed by atoms with Gasteiger partial charge in [-0.2, -0.15) is 13.2 Å². The number of carbonyl (C=O) groups is 1. The summed E-state index contributed by atoms with van der Waals surface area (Å²) in [5.74, 6) is -0.586. The molecule has 0 aliphatic rings. The molecule has 0 unspecified atom stereocenters. The molecule has 0 saturated carbocycles. The number of carbonyl (C=O) groups excluding carboxylic acids is 1. The third-order valence-corrected chi connectivity index (χ3v) is 3.72. The van der Waals surface area contributed by atoms with Crippen LogP contribution in [0, 0.1) is 0 Å². The highest BCUT2D eigenvalue weighted by Crippen LogP contribution is 2.29. The second-order valence-corrected chi connectivity index (χ2v) is 5.51. The maximum Gasteiger partial charge on any atom is 0.416 e. The van der Waals surface area contributed by atoms with Crippen LogP contribution in [0.4, 0.5) is 13.2 Å². The van der Waals surface area contributed by atoms with Crippen molar-refractivity contribution in [1.29, 1.82) is 0 Å². The molecule has 3 aromatic rings. The van der Waals surface area contributed by atoms with Crippen LogP contribution >= 0.6 is 0 Å². The molecule has 1 aromatic carbocycles. The van der Waals surface area contributed by atoms with Gasteiger partial charge < -0.3 is 5.32 Å². The fraction of sp³-hybridized carbons (Fsp3) is 0.105. The van der Waals surface area contributed by atoms with Crippen LogP contribution in [-0.4, -0.2) is 15.9 Å². The Hall–Kier alpha value is -3.22. The Morgan fingerprint density at radius 1 is 1.04 bits per heavy atom. The number of alkyl halides is 3. The molecule has 0 saturated heterocycles. The smallest absolute Gasteiger partial charge is 0.348 e. The van der Waals surface area contributed by atoms with Crippen LogP contribution in [0.1, 0.15) is 21.5 Å². The van der Waals surface area contributed by atoms with E-state index >= 15 is 0 Å². The molecule has 0 aliphatic carbocycles. The van der Waals surface area contributed by atoms with Crippen molar-refractivity contribution < 1.29 is 18.0 Å². The topological polar surface area (TPSA) is 54.9 Å². The molecule has 1 N–H and O–H groups in total. The number of pyridine rings is 2. The zero-order chi connectivity index (χ0) is 18.6. The zero-order valence-electron chi connectivity index (χ0n) is 13.5. The van der Waals surface area contributed by atoms with Crippen molar-refractivity contribution in [3.63, 3.8) is 0 Å². The van der Waals surface area contributed by atoms with Crippen molar-refractivity contribution in [2.24, 2.45) is 0 Å². The first kappa shape index (κ1) is 17.6. The molecule has 0 bridgehead atoms. The van der Waals surface area contributed by atoms with E-state index in [1.165, 1.54) is 12.1 Å². The lowest BCUT2D eigenvalue weighted by Gasteiger charge is -2.11. The Balaban J connectivity index is 1.77. The molecule has 132 valence electrons. The summed E-state index contributed by atoms with van der Waals surface area (Å²) in [5, 5.41) is 2.64. The van der Waals surface area contributed by atoms with Crippen molar-refractivity contribution in [3.8, 4) is 11.3 Å². The first-order valence-electron chi connectivity index (χ1n) is 7.75. The molecule has 3 rings (SSSR count). The first-order chi connectivity index (χ1) is 12.4. The Morgan fingerprint density at radius 2 is 1.85 bits per heavy atom. The summed E-state index contributed by atoms with van der Waals surface area (Å²) in [7, 11) is 0. The molecular weight excluding hydrogens is 343 g/mol. The first-order valence-corrected chi connectivity index (χ1v) is 7.75. The van der Waals surface area contributed by atoms with Gasteiger partial charge in [-0.05, 0) is 42.0 Å². The van der Waals surface area contributed by atoms with Gasteiger partial charge in [-0.1, -0.05) is 12.1 Å². The summed E-state index contributed by atoms with van der Waals surface area (Å²) in [6, 6.07) is 11.5. The molecule has 1 amide bonds. The lowest BCUT2D eigenvalue weighted by Crippen LogP contribution is -2.23. The molecule has 0 spiro atoms. The van der Waals surface area contributed by atoms with E-state index in [2.05, 4.69) is 15.3 Å². The van der Waals surface area contributed by atoms with Gasteiger partial charge in [-0.3, -0.25) is 14.8 Å². The van der Waals surface area contributed by atoms with Crippen LogP contribution in [0.25, 0.3) is 11.3 Å². The zero-order valence-corrected chi connectivity index (χ0v) is 13.5. The van der Waals surface area contributed by atoms with Gasteiger partial charge in [0.05, 0.1) is 11.3 Å². The average Bonchev–Trinajstić information content (AvgIpc) is 2.66. The second-order valence-electron chi connectivity index (χ2n) is 5.51. The summed E-state index contributed by atoms with van der Waals surface area (Å²) in [6.45, 7) is 0.132. The monoisotopic (exact) mass is 357 g/mol. The van der Waals surface area contributed by atoms with Crippen LogP contribution in [0.3, 0.4) is 0 Å². The van der Waals surface area contributed by atoms with Crippen LogP contribution < -0.4 is 5.32 Å². The fourth-order valence-electron chi connectivity index (χ4n) is 2.46. The normalized spacial score (nSPS) is 11.2. The molecule has 7 heteroatoms. The number of benzene rings is 1. The lowest BCUT2D eigenvalue weighted by atomic mass is 10.1. The van der Waals surface area contributed by atoms with Gasteiger partial charge in [0, 0.05) is 36.3 Å². The number of nitrogens with zero attached hydrogens (tertiary/aromatic N) is 2. The standard InChI is InChI=1S/C19H14F3N3O/c20-19(21,22)16-7-1-4-13(10-16)18(26)25-12-15-6-3-9-24-17(15)14-5-2-8-23-11-14/h1-11H,12H2,(H,25,26). The van der Waals surface area contributed by atoms with Gasteiger partial charge in [0.1, 0.15) is 0 Å². The van der Waals surface area contributed by atoms with Gasteiger partial charge in [0.15, 0.2) is 0 Å². The summed E-state index contributed by atoms with van der Waals surface area (Å²) in [5.41, 5.74) is 1.27. The minimum atomic E-state index is -4.49. The van der Waals surface area contributed by atoms with E-state index in [4.69, 9.17) is 0 Å². The summed E-state index contributed by atoms with van der Waals surface area (Å²) >= 11 is 0. The van der Waals surface area contributed by atoms with Crippen molar-refractivity contribution in [1.82, 2.24) is 15.3 Å². The Morgan fingerprint density at radius 3 is 2.58 bits per heavy atom. The van der Waals surface area contributed by atoms with Crippen molar-refractivity contribution in [3.05, 3.63) is 83.8 Å². The summed E-state index contributed by atoms with van der Waals surface area (Å²) in [4.78, 5) is 20.6. The van der Waals surface area contributed by atoms with E-state index in [9.17, 15) is 18.0 Å². The van der Waals surface area contributed by atoms with Crippen LogP contribution in [-0.2, 0) is 12.7 Å². The van der Waals surface area contributed by atoms with E-state index in [0.717, 1.165) is 23.3 Å². The number of hydrogen-bond donors (Lipinski definition) is 1. The van der Waals surface area contributed by atoms with Crippen molar-refractivity contribution in [2.45, 2.75) is 12.7 Å². The minimum Gasteiger partial charge on any atom is -0.348 e. The second kappa shape index (κ2) is 7.35. The number of halogens is 3. The lowest BCUT2D eigenvalue weighted by molar-refractivity contribution is -0.137. The van der Waals surface area contributed by atoms with Crippen LogP contribution in [0.2, 0.25) is 0 Å². The molecule has 4 nitrogen and oxygen atoms in total. The summed E-state index contributed by atoms with van der Waals surface area (Å²) in [6.07, 6.45) is 0.426. The maximum absolute atomic E-state index is 12.8. The van der Waals surface area contributed by atoms with Crippen LogP contribution in [0.5, 0.6) is 0 Å². The number of rotatable bonds is 4. The number of nitrogens with one attached hydrogen (secondary N) is 1. The van der Waals surface area contributed by atoms with Crippen molar-refractivity contribution in [2.75, 3.05) is 0 Å². The van der Waals surface area contributed by atoms with Crippen molar-refractivity contribution >= 4 is 5.91 Å². The van der Waals surface area contributed by atoms with Gasteiger partial charge in [0.2, 0.25) is 0 Å². The molecule has 0 fully saturated rings. The maximum atomic E-state index is 12.8. The molecule has 0 atom stereocenters. The van der Waals surface area contributed by atoms with E-state index in [1.807, 2.05) is 6.07 Å². The molecule has 26 heavy (non-hydrogen) atoms. The Bertz CT molecular complexity index is 911. The predicted octanol–water partition coefficient (Wildman–Crippen LogP) is 4.09. The third-order valence-electron chi connectivity index (χ3n) is 3.72. The van der Waals surface area contributed by atoms with E-state index in [0.29, 0.717) is 5.69 Å². The largest absolute Gasteiger partial charge is 0.416 e. The molecule has 2 aromatic heterocycles. The molecular formula is C19H14F3N3O. The van der Waals surface area contributed by atoms with Gasteiger partial charge in [0.25, 0.3) is 5.91 Å². The minimum absolute atomic E-state index is 0.0494. The highest BCUT2D eigenvalue weighted by Gasteiger charge is 2.30. The van der Waals surface area contributed by atoms with E-state index in [-0.39, 0.29) is 12.1 Å². The quantitative estimate of drug-likeness (QED) is 0.765. The third kappa shape index (κ3) is 4.05. The van der Waals surface area contributed by atoms with Gasteiger partial charge >= 0.3 is 6.18 Å².